The van der Waals surface area contributed by atoms with Gasteiger partial charge in [-0.3, -0.25) is 0 Å². The predicted molar refractivity (Wildman–Crippen MR) is 59.0 cm³/mol. The minimum atomic E-state index is 0.696. The van der Waals surface area contributed by atoms with E-state index in [1.165, 1.54) is 17.5 Å². The van der Waals surface area contributed by atoms with Crippen LogP contribution in [0.5, 0.6) is 0 Å². The van der Waals surface area contributed by atoms with E-state index in [-0.39, 0.29) is 0 Å². The molecule has 0 aliphatic heterocycles. The normalized spacial score (nSPS) is 13.3. The minimum Gasteiger partial charge on any atom is -0.0628 e. The lowest BCUT2D eigenvalue weighted by Gasteiger charge is -2.16. The third-order valence-electron chi connectivity index (χ3n) is 2.54. The quantitative estimate of drug-likeness (QED) is 0.649. The lowest BCUT2D eigenvalue weighted by molar-refractivity contribution is 0.522. The fourth-order valence-electron chi connectivity index (χ4n) is 1.97. The van der Waals surface area contributed by atoms with Crippen LogP contribution in [0.15, 0.2) is 24.3 Å². The van der Waals surface area contributed by atoms with Gasteiger partial charge < -0.3 is 0 Å². The molecule has 0 bridgehead atoms. The molecule has 0 heteroatoms. The SMILES string of the molecule is Cc1ccccc1[C@@H](C)CC(C)C. The minimum absolute atomic E-state index is 0.696. The highest BCUT2D eigenvalue weighted by Gasteiger charge is 2.08. The van der Waals surface area contributed by atoms with Gasteiger partial charge in [0.25, 0.3) is 0 Å². The molecule has 72 valence electrons. The van der Waals surface area contributed by atoms with Crippen molar-refractivity contribution in [2.75, 3.05) is 0 Å². The molecule has 0 aliphatic rings. The van der Waals surface area contributed by atoms with Crippen LogP contribution < -0.4 is 0 Å². The van der Waals surface area contributed by atoms with Crippen molar-refractivity contribution < 1.29 is 0 Å². The monoisotopic (exact) mass is 176 g/mol. The molecule has 0 aliphatic carbocycles. The Bertz CT molecular complexity index is 260. The zero-order chi connectivity index (χ0) is 9.84. The Labute approximate surface area is 82.0 Å². The summed E-state index contributed by atoms with van der Waals surface area (Å²) < 4.78 is 0. The Morgan fingerprint density at radius 1 is 1.08 bits per heavy atom. The highest BCUT2D eigenvalue weighted by Crippen LogP contribution is 2.25. The Morgan fingerprint density at radius 3 is 2.23 bits per heavy atom. The van der Waals surface area contributed by atoms with Crippen LogP contribution in [0.25, 0.3) is 0 Å². The van der Waals surface area contributed by atoms with Crippen molar-refractivity contribution in [1.29, 1.82) is 0 Å². The summed E-state index contributed by atoms with van der Waals surface area (Å²) in [4.78, 5) is 0. The van der Waals surface area contributed by atoms with Gasteiger partial charge in [-0.1, -0.05) is 45.0 Å². The van der Waals surface area contributed by atoms with Crippen molar-refractivity contribution in [2.45, 2.75) is 40.0 Å². The fourth-order valence-corrected chi connectivity index (χ4v) is 1.97. The second-order valence-electron chi connectivity index (χ2n) is 4.39. The summed E-state index contributed by atoms with van der Waals surface area (Å²) in [7, 11) is 0. The molecule has 0 saturated carbocycles. The van der Waals surface area contributed by atoms with E-state index in [2.05, 4.69) is 52.0 Å². The average Bonchev–Trinajstić information content (AvgIpc) is 2.03. The number of hydrogen-bond donors (Lipinski definition) is 0. The van der Waals surface area contributed by atoms with Crippen molar-refractivity contribution in [3.63, 3.8) is 0 Å². The molecule has 1 atom stereocenters. The van der Waals surface area contributed by atoms with Crippen LogP contribution in [0.2, 0.25) is 0 Å². The van der Waals surface area contributed by atoms with Gasteiger partial charge in [0, 0.05) is 0 Å². The highest BCUT2D eigenvalue weighted by molar-refractivity contribution is 5.28. The molecule has 0 unspecified atom stereocenters. The number of rotatable bonds is 3. The van der Waals surface area contributed by atoms with E-state index in [4.69, 9.17) is 0 Å². The molecule has 0 heterocycles. The Hall–Kier alpha value is -0.780. The van der Waals surface area contributed by atoms with E-state index >= 15 is 0 Å². The first kappa shape index (κ1) is 10.3. The second-order valence-corrected chi connectivity index (χ2v) is 4.39. The average molecular weight is 176 g/mol. The largest absolute Gasteiger partial charge is 0.0628 e. The van der Waals surface area contributed by atoms with E-state index < -0.39 is 0 Å². The molecule has 0 aromatic heterocycles. The maximum absolute atomic E-state index is 2.32. The molecule has 13 heavy (non-hydrogen) atoms. The summed E-state index contributed by atoms with van der Waals surface area (Å²) in [5.74, 6) is 1.48. The van der Waals surface area contributed by atoms with Gasteiger partial charge >= 0.3 is 0 Å². The van der Waals surface area contributed by atoms with Gasteiger partial charge in [0.05, 0.1) is 0 Å². The topological polar surface area (TPSA) is 0 Å². The Morgan fingerprint density at radius 2 is 1.69 bits per heavy atom. The van der Waals surface area contributed by atoms with Crippen LogP contribution in [0.3, 0.4) is 0 Å². The molecule has 0 radical (unpaired) electrons. The maximum atomic E-state index is 2.32. The lowest BCUT2D eigenvalue weighted by Crippen LogP contribution is -2.00. The molecule has 0 N–H and O–H groups in total. The first-order chi connectivity index (χ1) is 6.11. The molecule has 1 aromatic rings. The van der Waals surface area contributed by atoms with Crippen LogP contribution in [0, 0.1) is 12.8 Å². The highest BCUT2D eigenvalue weighted by atomic mass is 14.1. The lowest BCUT2D eigenvalue weighted by atomic mass is 9.89. The summed E-state index contributed by atoms with van der Waals surface area (Å²) in [6.07, 6.45) is 1.28. The Balaban J connectivity index is 2.76. The first-order valence-corrected chi connectivity index (χ1v) is 5.16. The molecule has 0 spiro atoms. The van der Waals surface area contributed by atoms with Gasteiger partial charge in [-0.25, -0.2) is 0 Å². The third kappa shape index (κ3) is 2.87. The first-order valence-electron chi connectivity index (χ1n) is 5.16. The van der Waals surface area contributed by atoms with E-state index in [0.717, 1.165) is 5.92 Å². The smallest absolute Gasteiger partial charge is 0.0185 e. The molecule has 0 saturated heterocycles. The van der Waals surface area contributed by atoms with Crippen molar-refractivity contribution in [3.8, 4) is 0 Å². The summed E-state index contributed by atoms with van der Waals surface area (Å²) >= 11 is 0. The molecule has 0 fully saturated rings. The van der Waals surface area contributed by atoms with E-state index in [9.17, 15) is 0 Å². The van der Waals surface area contributed by atoms with Gasteiger partial charge in [-0.15, -0.1) is 0 Å². The van der Waals surface area contributed by atoms with E-state index in [1.807, 2.05) is 0 Å². The zero-order valence-corrected chi connectivity index (χ0v) is 9.17. The zero-order valence-electron chi connectivity index (χ0n) is 9.17. The van der Waals surface area contributed by atoms with Crippen LogP contribution in [-0.4, -0.2) is 0 Å². The van der Waals surface area contributed by atoms with Crippen LogP contribution in [0.1, 0.15) is 44.2 Å². The van der Waals surface area contributed by atoms with Crippen molar-refractivity contribution in [3.05, 3.63) is 35.4 Å². The fraction of sp³-hybridized carbons (Fsp3) is 0.538. The van der Waals surface area contributed by atoms with Crippen molar-refractivity contribution in [2.24, 2.45) is 5.92 Å². The predicted octanol–water partition coefficient (Wildman–Crippen LogP) is 4.14. The molecule has 1 rings (SSSR count). The molecular weight excluding hydrogens is 156 g/mol. The maximum Gasteiger partial charge on any atom is -0.0185 e. The molecule has 0 nitrogen and oxygen atoms in total. The summed E-state index contributed by atoms with van der Waals surface area (Å²) in [6, 6.07) is 8.70. The summed E-state index contributed by atoms with van der Waals surface area (Å²) in [5.41, 5.74) is 2.94. The van der Waals surface area contributed by atoms with Crippen molar-refractivity contribution >= 4 is 0 Å². The van der Waals surface area contributed by atoms with E-state index in [1.54, 1.807) is 0 Å². The van der Waals surface area contributed by atoms with Gasteiger partial charge in [0.1, 0.15) is 0 Å². The van der Waals surface area contributed by atoms with Crippen molar-refractivity contribution in [1.82, 2.24) is 0 Å². The van der Waals surface area contributed by atoms with Crippen LogP contribution in [-0.2, 0) is 0 Å². The van der Waals surface area contributed by atoms with Crippen LogP contribution >= 0.6 is 0 Å². The third-order valence-corrected chi connectivity index (χ3v) is 2.54. The number of aryl methyl sites for hydroxylation is 1. The second kappa shape index (κ2) is 4.45. The van der Waals surface area contributed by atoms with Gasteiger partial charge in [0.15, 0.2) is 0 Å². The Kier molecular flexibility index (Phi) is 3.53. The summed E-state index contributed by atoms with van der Waals surface area (Å²) in [6.45, 7) is 9.10. The van der Waals surface area contributed by atoms with Gasteiger partial charge in [-0.05, 0) is 36.3 Å². The van der Waals surface area contributed by atoms with Gasteiger partial charge in [0.2, 0.25) is 0 Å². The van der Waals surface area contributed by atoms with Crippen LogP contribution in [0.4, 0.5) is 0 Å². The standard InChI is InChI=1S/C13H20/c1-10(2)9-12(4)13-8-6-5-7-11(13)3/h5-8,10,12H,9H2,1-4H3/t12-/m0/s1. The number of benzene rings is 1. The van der Waals surface area contributed by atoms with Gasteiger partial charge in [-0.2, -0.15) is 0 Å². The molecule has 0 amide bonds. The summed E-state index contributed by atoms with van der Waals surface area (Å²) in [5, 5.41) is 0. The molecular formula is C13H20. The molecule has 1 aromatic carbocycles. The number of hydrogen-bond acceptors (Lipinski definition) is 0. The van der Waals surface area contributed by atoms with E-state index in [0.29, 0.717) is 5.92 Å².